The topological polar surface area (TPSA) is 120 Å². The zero-order valence-electron chi connectivity index (χ0n) is 21.4. The standard InChI is InChI=1S/C30H28FN2O6P/c31-23-11-6-21(7-12-23)27(34)16-17-39-29-19-33(24-4-2-1-3-5-24)30(29)26-15-10-22(18-28(26)35)20-8-13-25(14-9-20)40(37,38)32-36/h1-15,18,27,29-30,34-35H,16-17,19H2,(H,37,38)/t27?,29-,30?/m0/s1. The Morgan fingerprint density at radius 2 is 1.65 bits per heavy atom. The molecule has 5 rings (SSSR count). The first-order valence-electron chi connectivity index (χ1n) is 12.8. The van der Waals surface area contributed by atoms with Crippen LogP contribution in [0.2, 0.25) is 0 Å². The van der Waals surface area contributed by atoms with Gasteiger partial charge in [-0.2, -0.15) is 0 Å². The largest absolute Gasteiger partial charge is 0.508 e. The van der Waals surface area contributed by atoms with Crippen molar-refractivity contribution in [2.45, 2.75) is 24.7 Å². The highest BCUT2D eigenvalue weighted by molar-refractivity contribution is 7.64. The molecule has 4 atom stereocenters. The summed E-state index contributed by atoms with van der Waals surface area (Å²) in [6, 6.07) is 26.5. The number of phenolic OH excluding ortho intramolecular Hbond substituents is 1. The number of nitrogens with zero attached hydrogens (tertiary/aromatic N) is 2. The number of benzene rings is 4. The SMILES string of the molecule is O=NP(=O)(O)c1ccc(-c2ccc(C3[C@@H](OCCC(O)c4ccc(F)cc4)CN3c3ccccc3)c(O)c2)cc1. The predicted octanol–water partition coefficient (Wildman–Crippen LogP) is 5.85. The number of nitroso groups, excluding NO2 is 1. The third-order valence-electron chi connectivity index (χ3n) is 7.13. The highest BCUT2D eigenvalue weighted by Crippen LogP contribution is 2.44. The summed E-state index contributed by atoms with van der Waals surface area (Å²) in [6.07, 6.45) is -0.696. The van der Waals surface area contributed by atoms with Crippen LogP contribution in [0.4, 0.5) is 10.1 Å². The van der Waals surface area contributed by atoms with E-state index in [1.54, 1.807) is 30.3 Å². The first-order valence-corrected chi connectivity index (χ1v) is 14.4. The summed E-state index contributed by atoms with van der Waals surface area (Å²) in [5.41, 5.74) is 3.64. The number of para-hydroxylation sites is 1. The molecule has 0 aromatic heterocycles. The van der Waals surface area contributed by atoms with Gasteiger partial charge in [0.25, 0.3) is 0 Å². The summed E-state index contributed by atoms with van der Waals surface area (Å²) in [5.74, 6) is -0.297. The minimum atomic E-state index is -4.27. The van der Waals surface area contributed by atoms with E-state index in [2.05, 4.69) is 9.85 Å². The number of aliphatic hydroxyl groups excluding tert-OH is 1. The highest BCUT2D eigenvalue weighted by Gasteiger charge is 2.42. The molecule has 10 heteroatoms. The molecule has 0 radical (unpaired) electrons. The van der Waals surface area contributed by atoms with Gasteiger partial charge in [0.2, 0.25) is 0 Å². The molecular formula is C30H28FN2O6P. The molecule has 4 aromatic carbocycles. The monoisotopic (exact) mass is 562 g/mol. The van der Waals surface area contributed by atoms with Gasteiger partial charge >= 0.3 is 7.52 Å². The van der Waals surface area contributed by atoms with Crippen LogP contribution < -0.4 is 10.2 Å². The summed E-state index contributed by atoms with van der Waals surface area (Å²) in [7, 11) is -4.27. The minimum absolute atomic E-state index is 0.0644. The summed E-state index contributed by atoms with van der Waals surface area (Å²) in [6.45, 7) is 0.869. The Bertz CT molecular complexity index is 1520. The molecule has 0 aliphatic carbocycles. The number of aromatic hydroxyl groups is 1. The summed E-state index contributed by atoms with van der Waals surface area (Å²) in [5, 5.41) is 21.5. The number of anilines is 1. The van der Waals surface area contributed by atoms with Crippen LogP contribution in [-0.2, 0) is 9.30 Å². The normalized spacial score (nSPS) is 18.9. The summed E-state index contributed by atoms with van der Waals surface area (Å²) >= 11 is 0. The lowest BCUT2D eigenvalue weighted by atomic mass is 9.88. The van der Waals surface area contributed by atoms with E-state index in [4.69, 9.17) is 4.74 Å². The lowest BCUT2D eigenvalue weighted by molar-refractivity contribution is -0.0143. The Labute approximate surface area is 230 Å². The maximum atomic E-state index is 13.2. The second-order valence-electron chi connectivity index (χ2n) is 9.64. The van der Waals surface area contributed by atoms with E-state index in [1.807, 2.05) is 42.5 Å². The van der Waals surface area contributed by atoms with Gasteiger partial charge in [0.1, 0.15) is 11.6 Å². The third-order valence-corrected chi connectivity index (χ3v) is 8.32. The zero-order valence-corrected chi connectivity index (χ0v) is 22.3. The van der Waals surface area contributed by atoms with Gasteiger partial charge in [-0.1, -0.05) is 54.6 Å². The van der Waals surface area contributed by atoms with Crippen molar-refractivity contribution in [1.82, 2.24) is 0 Å². The Morgan fingerprint density at radius 1 is 0.975 bits per heavy atom. The van der Waals surface area contributed by atoms with Gasteiger partial charge in [0, 0.05) is 35.8 Å². The molecule has 206 valence electrons. The van der Waals surface area contributed by atoms with Gasteiger partial charge in [-0.15, -0.1) is 4.91 Å². The zero-order chi connectivity index (χ0) is 28.3. The van der Waals surface area contributed by atoms with E-state index in [0.717, 1.165) is 5.69 Å². The van der Waals surface area contributed by atoms with E-state index in [9.17, 15) is 29.0 Å². The molecule has 40 heavy (non-hydrogen) atoms. The average Bonchev–Trinajstić information content (AvgIpc) is 2.96. The second-order valence-corrected chi connectivity index (χ2v) is 11.4. The second kappa shape index (κ2) is 11.7. The molecule has 1 aliphatic heterocycles. The Balaban J connectivity index is 1.33. The Hall–Kier alpha value is -3.88. The van der Waals surface area contributed by atoms with Crippen molar-refractivity contribution in [2.75, 3.05) is 18.1 Å². The van der Waals surface area contributed by atoms with Crippen LogP contribution in [0.25, 0.3) is 11.1 Å². The van der Waals surface area contributed by atoms with Gasteiger partial charge in [-0.05, 0) is 59.2 Å². The molecule has 4 aromatic rings. The maximum absolute atomic E-state index is 13.2. The van der Waals surface area contributed by atoms with Crippen molar-refractivity contribution < 1.29 is 28.8 Å². The van der Waals surface area contributed by atoms with Crippen molar-refractivity contribution in [3.8, 4) is 16.9 Å². The van der Waals surface area contributed by atoms with E-state index >= 15 is 0 Å². The number of phenols is 1. The molecule has 0 amide bonds. The first kappa shape index (κ1) is 27.7. The fourth-order valence-corrected chi connectivity index (χ4v) is 5.55. The van der Waals surface area contributed by atoms with Gasteiger partial charge in [0.15, 0.2) is 0 Å². The molecule has 8 nitrogen and oxygen atoms in total. The van der Waals surface area contributed by atoms with Crippen LogP contribution >= 0.6 is 7.52 Å². The smallest absolute Gasteiger partial charge is 0.379 e. The molecular weight excluding hydrogens is 534 g/mol. The molecule has 0 spiro atoms. The van der Waals surface area contributed by atoms with Crippen molar-refractivity contribution in [1.29, 1.82) is 0 Å². The average molecular weight is 563 g/mol. The van der Waals surface area contributed by atoms with Crippen LogP contribution in [-0.4, -0.2) is 34.4 Å². The van der Waals surface area contributed by atoms with Crippen LogP contribution in [0.15, 0.2) is 102 Å². The molecule has 0 saturated carbocycles. The number of aliphatic hydroxyl groups is 1. The molecule has 3 unspecified atom stereocenters. The molecule has 1 saturated heterocycles. The predicted molar refractivity (Wildman–Crippen MR) is 151 cm³/mol. The van der Waals surface area contributed by atoms with Crippen molar-refractivity contribution >= 4 is 18.5 Å². The van der Waals surface area contributed by atoms with Gasteiger partial charge < -0.3 is 24.7 Å². The molecule has 1 aliphatic rings. The summed E-state index contributed by atoms with van der Waals surface area (Å²) < 4.78 is 31.2. The van der Waals surface area contributed by atoms with E-state index < -0.39 is 13.6 Å². The van der Waals surface area contributed by atoms with Gasteiger partial charge in [0.05, 0.1) is 23.6 Å². The first-order chi connectivity index (χ1) is 19.3. The number of hydrogen-bond acceptors (Lipinski definition) is 6. The third kappa shape index (κ3) is 5.83. The molecule has 3 N–H and O–H groups in total. The maximum Gasteiger partial charge on any atom is 0.379 e. The van der Waals surface area contributed by atoms with E-state index in [0.29, 0.717) is 35.2 Å². The van der Waals surface area contributed by atoms with Crippen LogP contribution in [0.1, 0.15) is 29.7 Å². The fourth-order valence-electron chi connectivity index (χ4n) is 4.92. The lowest BCUT2D eigenvalue weighted by Gasteiger charge is -2.49. The Morgan fingerprint density at radius 3 is 2.30 bits per heavy atom. The number of rotatable bonds is 10. The van der Waals surface area contributed by atoms with Crippen LogP contribution in [0.3, 0.4) is 0 Å². The van der Waals surface area contributed by atoms with E-state index in [-0.39, 0.29) is 35.6 Å². The van der Waals surface area contributed by atoms with Crippen molar-refractivity contribution in [3.63, 3.8) is 0 Å². The van der Waals surface area contributed by atoms with E-state index in [1.165, 1.54) is 24.3 Å². The molecule has 1 fully saturated rings. The number of hydrogen-bond donors (Lipinski definition) is 3. The quantitative estimate of drug-likeness (QED) is 0.164. The molecule has 1 heterocycles. The van der Waals surface area contributed by atoms with Crippen LogP contribution in [0.5, 0.6) is 5.75 Å². The highest BCUT2D eigenvalue weighted by atomic mass is 31.2. The van der Waals surface area contributed by atoms with Gasteiger partial charge in [-0.25, -0.2) is 4.39 Å². The number of halogens is 1. The molecule has 0 bridgehead atoms. The van der Waals surface area contributed by atoms with Crippen LogP contribution in [0, 0.1) is 10.7 Å². The minimum Gasteiger partial charge on any atom is -0.508 e. The van der Waals surface area contributed by atoms with Crippen molar-refractivity contribution in [3.05, 3.63) is 119 Å². The van der Waals surface area contributed by atoms with Crippen molar-refractivity contribution in [2.24, 2.45) is 4.95 Å². The Kier molecular flexibility index (Phi) is 8.09. The summed E-state index contributed by atoms with van der Waals surface area (Å²) in [4.78, 5) is 24.7. The van der Waals surface area contributed by atoms with Gasteiger partial charge in [-0.3, -0.25) is 4.57 Å². The number of ether oxygens (including phenoxy) is 1. The lowest BCUT2D eigenvalue weighted by Crippen LogP contribution is -2.55. The fraction of sp³-hybridized carbons (Fsp3) is 0.200.